The van der Waals surface area contributed by atoms with E-state index in [1.54, 1.807) is 11.8 Å². The lowest BCUT2D eigenvalue weighted by Gasteiger charge is -2.30. The second kappa shape index (κ2) is 8.31. The molecule has 1 fully saturated rings. The Hall–Kier alpha value is -0.900. The Bertz CT molecular complexity index is 344. The van der Waals surface area contributed by atoms with E-state index in [2.05, 4.69) is 24.9 Å². The topological polar surface area (TPSA) is 45.1 Å². The minimum absolute atomic E-state index is 0.316. The molecular weight excluding hydrogens is 256 g/mol. The monoisotopic (exact) mass is 282 g/mol. The van der Waals surface area contributed by atoms with E-state index in [0.717, 1.165) is 30.7 Å². The van der Waals surface area contributed by atoms with Crippen LogP contribution in [0.25, 0.3) is 0 Å². The highest BCUT2D eigenvalue weighted by molar-refractivity contribution is 8.06. The van der Waals surface area contributed by atoms with Crippen LogP contribution in [0.5, 0.6) is 0 Å². The van der Waals surface area contributed by atoms with Crippen LogP contribution in [-0.2, 0) is 4.74 Å². The summed E-state index contributed by atoms with van der Waals surface area (Å²) >= 11 is 1.70. The van der Waals surface area contributed by atoms with Gasteiger partial charge >= 0.3 is 0 Å². The molecule has 0 saturated heterocycles. The van der Waals surface area contributed by atoms with Crippen molar-refractivity contribution in [1.82, 2.24) is 5.32 Å². The molecule has 0 unspecified atom stereocenters. The first-order valence-electron chi connectivity index (χ1n) is 7.04. The van der Waals surface area contributed by atoms with Gasteiger partial charge in [-0.25, -0.2) is 0 Å². The van der Waals surface area contributed by atoms with Crippen LogP contribution in [0, 0.1) is 11.3 Å². The summed E-state index contributed by atoms with van der Waals surface area (Å²) in [5, 5.41) is 12.4. The fourth-order valence-corrected chi connectivity index (χ4v) is 3.02. The largest absolute Gasteiger partial charge is 0.481 e. The van der Waals surface area contributed by atoms with Crippen molar-refractivity contribution in [3.8, 4) is 0 Å². The number of thioether (sulfide) groups is 1. The number of hydrogen-bond donors (Lipinski definition) is 2. The smallest absolute Gasteiger partial charge is 0.183 e. The Morgan fingerprint density at radius 3 is 2.58 bits per heavy atom. The number of allylic oxidation sites excluding steroid dienone is 2. The molecule has 0 aliphatic heterocycles. The molecule has 0 atom stereocenters. The van der Waals surface area contributed by atoms with Gasteiger partial charge in [-0.2, -0.15) is 0 Å². The predicted molar refractivity (Wildman–Crippen MR) is 84.4 cm³/mol. The molecule has 0 aromatic heterocycles. The number of rotatable bonds is 6. The van der Waals surface area contributed by atoms with Gasteiger partial charge in [0.1, 0.15) is 0 Å². The maximum absolute atomic E-state index is 7.84. The van der Waals surface area contributed by atoms with E-state index in [1.165, 1.54) is 4.91 Å². The Morgan fingerprint density at radius 2 is 2.05 bits per heavy atom. The van der Waals surface area contributed by atoms with E-state index < -0.39 is 0 Å². The average molecular weight is 282 g/mol. The molecule has 0 spiro atoms. The lowest BCUT2D eigenvalue weighted by atomic mass is 9.86. The minimum atomic E-state index is 0.316. The Balaban J connectivity index is 2.30. The molecule has 1 saturated carbocycles. The molecule has 0 bridgehead atoms. The van der Waals surface area contributed by atoms with Crippen LogP contribution in [0.4, 0.5) is 0 Å². The first-order valence-corrected chi connectivity index (χ1v) is 7.85. The SMILES string of the molecule is C=C(NC1CCC(C(=N)OCC)CC1)S/C(C)=C\C. The molecule has 4 heteroatoms. The van der Waals surface area contributed by atoms with Gasteiger partial charge in [0, 0.05) is 12.0 Å². The van der Waals surface area contributed by atoms with E-state index in [1.807, 2.05) is 13.8 Å². The molecule has 1 aliphatic rings. The van der Waals surface area contributed by atoms with Crippen LogP contribution in [0.15, 0.2) is 22.6 Å². The van der Waals surface area contributed by atoms with Gasteiger partial charge in [-0.3, -0.25) is 5.41 Å². The van der Waals surface area contributed by atoms with Crippen molar-refractivity contribution in [3.05, 3.63) is 22.6 Å². The van der Waals surface area contributed by atoms with Crippen LogP contribution >= 0.6 is 11.8 Å². The van der Waals surface area contributed by atoms with Crippen molar-refractivity contribution < 1.29 is 4.74 Å². The Labute approximate surface area is 121 Å². The van der Waals surface area contributed by atoms with E-state index >= 15 is 0 Å². The highest BCUT2D eigenvalue weighted by Gasteiger charge is 2.25. The zero-order valence-electron chi connectivity index (χ0n) is 12.3. The van der Waals surface area contributed by atoms with Gasteiger partial charge in [-0.05, 0) is 51.4 Å². The van der Waals surface area contributed by atoms with Crippen molar-refractivity contribution in [2.45, 2.75) is 52.5 Å². The predicted octanol–water partition coefficient (Wildman–Crippen LogP) is 4.28. The number of nitrogens with one attached hydrogen (secondary N) is 2. The summed E-state index contributed by atoms with van der Waals surface area (Å²) in [5.74, 6) is 0.787. The highest BCUT2D eigenvalue weighted by atomic mass is 32.2. The maximum Gasteiger partial charge on any atom is 0.183 e. The molecule has 19 heavy (non-hydrogen) atoms. The molecule has 0 aromatic carbocycles. The normalized spacial score (nSPS) is 23.8. The van der Waals surface area contributed by atoms with E-state index in [-0.39, 0.29) is 0 Å². The van der Waals surface area contributed by atoms with Crippen molar-refractivity contribution in [1.29, 1.82) is 5.41 Å². The first-order chi connectivity index (χ1) is 9.06. The Kier molecular flexibility index (Phi) is 7.06. The molecule has 0 aromatic rings. The minimum Gasteiger partial charge on any atom is -0.481 e. The summed E-state index contributed by atoms with van der Waals surface area (Å²) in [7, 11) is 0. The lowest BCUT2D eigenvalue weighted by molar-refractivity contribution is 0.264. The number of hydrogen-bond acceptors (Lipinski definition) is 4. The zero-order valence-corrected chi connectivity index (χ0v) is 13.1. The highest BCUT2D eigenvalue weighted by Crippen LogP contribution is 2.28. The van der Waals surface area contributed by atoms with Gasteiger partial charge in [-0.15, -0.1) is 0 Å². The van der Waals surface area contributed by atoms with Crippen LogP contribution in [-0.4, -0.2) is 18.5 Å². The maximum atomic E-state index is 7.84. The summed E-state index contributed by atoms with van der Waals surface area (Å²) < 4.78 is 5.30. The van der Waals surface area contributed by atoms with Gasteiger partial charge in [-0.1, -0.05) is 24.4 Å². The van der Waals surface area contributed by atoms with Gasteiger partial charge in [0.15, 0.2) is 5.90 Å². The quantitative estimate of drug-likeness (QED) is 0.564. The summed E-state index contributed by atoms with van der Waals surface area (Å²) in [5.41, 5.74) is 0. The molecular formula is C15H26N2OS. The van der Waals surface area contributed by atoms with Crippen molar-refractivity contribution in [2.24, 2.45) is 5.92 Å². The van der Waals surface area contributed by atoms with Crippen LogP contribution in [0.2, 0.25) is 0 Å². The van der Waals surface area contributed by atoms with Crippen molar-refractivity contribution >= 4 is 17.7 Å². The third-order valence-corrected chi connectivity index (χ3v) is 4.38. The summed E-state index contributed by atoms with van der Waals surface area (Å²) in [6.07, 6.45) is 6.36. The van der Waals surface area contributed by atoms with Gasteiger partial charge in [0.05, 0.1) is 11.6 Å². The molecule has 3 nitrogen and oxygen atoms in total. The van der Waals surface area contributed by atoms with Crippen LogP contribution in [0.3, 0.4) is 0 Å². The Morgan fingerprint density at radius 1 is 1.42 bits per heavy atom. The average Bonchev–Trinajstić information content (AvgIpc) is 2.39. The summed E-state index contributed by atoms with van der Waals surface area (Å²) in [6, 6.07) is 0.496. The molecule has 0 radical (unpaired) electrons. The van der Waals surface area contributed by atoms with Gasteiger partial charge in [0.25, 0.3) is 0 Å². The lowest BCUT2D eigenvalue weighted by Crippen LogP contribution is -2.34. The van der Waals surface area contributed by atoms with Crippen LogP contribution < -0.4 is 5.32 Å². The second-order valence-corrected chi connectivity index (χ2v) is 6.26. The van der Waals surface area contributed by atoms with E-state index in [0.29, 0.717) is 24.5 Å². The van der Waals surface area contributed by atoms with Crippen molar-refractivity contribution in [2.75, 3.05) is 6.61 Å². The van der Waals surface area contributed by atoms with Gasteiger partial charge in [0.2, 0.25) is 0 Å². The molecule has 0 heterocycles. The molecule has 1 rings (SSSR count). The molecule has 108 valence electrons. The molecule has 1 aliphatic carbocycles. The molecule has 0 amide bonds. The second-order valence-electron chi connectivity index (χ2n) is 4.91. The van der Waals surface area contributed by atoms with Crippen molar-refractivity contribution in [3.63, 3.8) is 0 Å². The standard InChI is InChI=1S/C15H26N2OS/c1-5-11(3)19-12(4)17-14-9-7-13(8-10-14)15(16)18-6-2/h5,13-14,16-17H,4,6-10H2,1-3H3/b11-5-,16-15?. The summed E-state index contributed by atoms with van der Waals surface area (Å²) in [6.45, 7) is 10.7. The molecule has 2 N–H and O–H groups in total. The summed E-state index contributed by atoms with van der Waals surface area (Å²) in [4.78, 5) is 1.27. The third-order valence-electron chi connectivity index (χ3n) is 3.45. The fourth-order valence-electron chi connectivity index (χ4n) is 2.28. The van der Waals surface area contributed by atoms with E-state index in [4.69, 9.17) is 10.1 Å². The van der Waals surface area contributed by atoms with E-state index in [9.17, 15) is 0 Å². The fraction of sp³-hybridized carbons (Fsp3) is 0.667. The zero-order chi connectivity index (χ0) is 14.3. The third kappa shape index (κ3) is 5.72. The number of ether oxygens (including phenoxy) is 1. The van der Waals surface area contributed by atoms with Gasteiger partial charge < -0.3 is 10.1 Å². The first kappa shape index (κ1) is 16.2. The van der Waals surface area contributed by atoms with Crippen LogP contribution in [0.1, 0.15) is 46.5 Å².